The van der Waals surface area contributed by atoms with Gasteiger partial charge < -0.3 is 0 Å². The van der Waals surface area contributed by atoms with Gasteiger partial charge in [-0.1, -0.05) is 6.07 Å². The van der Waals surface area contributed by atoms with Gasteiger partial charge in [-0.05, 0) is 42.6 Å². The smallest absolute Gasteiger partial charge is 0.243 e. The Morgan fingerprint density at radius 2 is 1.94 bits per heavy atom. The summed E-state index contributed by atoms with van der Waals surface area (Å²) in [4.78, 5) is 4.31. The second kappa shape index (κ2) is 3.46. The molecule has 1 aromatic carbocycles. The maximum absolute atomic E-state index is 12.1. The van der Waals surface area contributed by atoms with Crippen LogP contribution in [-0.4, -0.2) is 25.1 Å². The first-order chi connectivity index (χ1) is 7.34. The highest BCUT2D eigenvalue weighted by Crippen LogP contribution is 2.35. The molecule has 86 valence electrons. The number of fused-ring (bicyclic) bond motifs is 1. The van der Waals surface area contributed by atoms with Gasteiger partial charge in [0.2, 0.25) is 5.29 Å². The maximum Gasteiger partial charge on any atom is 0.268 e. The first-order valence-electron chi connectivity index (χ1n) is 4.68. The van der Waals surface area contributed by atoms with Crippen LogP contribution in [-0.2, 0) is 10.0 Å². The van der Waals surface area contributed by atoms with E-state index >= 15 is 0 Å². The molecule has 0 unspecified atom stereocenters. The van der Waals surface area contributed by atoms with Crippen LogP contribution in [0, 0.1) is 13.8 Å². The molecule has 0 aromatic heterocycles. The Bertz CT molecular complexity index is 593. The van der Waals surface area contributed by atoms with Crippen LogP contribution in [0.3, 0.4) is 0 Å². The molecule has 16 heavy (non-hydrogen) atoms. The number of halogens is 1. The van der Waals surface area contributed by atoms with Gasteiger partial charge in [-0.15, -0.1) is 0 Å². The highest BCUT2D eigenvalue weighted by Gasteiger charge is 2.31. The zero-order valence-electron chi connectivity index (χ0n) is 9.15. The molecule has 0 saturated carbocycles. The summed E-state index contributed by atoms with van der Waals surface area (Å²) in [6, 6.07) is 3.49. The SMILES string of the molecule is Cc1cc(C)c2c(c1)S(=O)(=O)N(C)C(Cl)=N2. The van der Waals surface area contributed by atoms with E-state index in [2.05, 4.69) is 4.99 Å². The van der Waals surface area contributed by atoms with Crippen molar-refractivity contribution in [3.63, 3.8) is 0 Å². The van der Waals surface area contributed by atoms with E-state index in [1.165, 1.54) is 7.05 Å². The normalized spacial score (nSPS) is 18.0. The minimum Gasteiger partial charge on any atom is -0.243 e. The van der Waals surface area contributed by atoms with E-state index in [4.69, 9.17) is 11.6 Å². The summed E-state index contributed by atoms with van der Waals surface area (Å²) in [7, 11) is -2.15. The number of aryl methyl sites for hydroxylation is 2. The number of amidine groups is 1. The van der Waals surface area contributed by atoms with Gasteiger partial charge in [0.05, 0.1) is 5.69 Å². The molecule has 0 N–H and O–H groups in total. The fraction of sp³-hybridized carbons (Fsp3) is 0.300. The van der Waals surface area contributed by atoms with E-state index in [1.54, 1.807) is 6.07 Å². The van der Waals surface area contributed by atoms with E-state index in [1.807, 2.05) is 19.9 Å². The topological polar surface area (TPSA) is 49.7 Å². The lowest BCUT2D eigenvalue weighted by Gasteiger charge is -2.24. The first-order valence-corrected chi connectivity index (χ1v) is 6.50. The fourth-order valence-corrected chi connectivity index (χ4v) is 3.35. The molecule has 2 rings (SSSR count). The largest absolute Gasteiger partial charge is 0.268 e. The Morgan fingerprint density at radius 1 is 1.31 bits per heavy atom. The molecule has 0 radical (unpaired) electrons. The van der Waals surface area contributed by atoms with E-state index in [0.717, 1.165) is 15.4 Å². The Hall–Kier alpha value is -1.07. The second-order valence-corrected chi connectivity index (χ2v) is 6.06. The van der Waals surface area contributed by atoms with E-state index in [-0.39, 0.29) is 10.2 Å². The molecule has 1 heterocycles. The number of nitrogens with zero attached hydrogens (tertiary/aromatic N) is 2. The predicted molar refractivity (Wildman–Crippen MR) is 63.8 cm³/mol. The van der Waals surface area contributed by atoms with Crippen LogP contribution in [0.2, 0.25) is 0 Å². The van der Waals surface area contributed by atoms with Crippen molar-refractivity contribution in [3.05, 3.63) is 23.3 Å². The van der Waals surface area contributed by atoms with Crippen molar-refractivity contribution in [2.45, 2.75) is 18.7 Å². The zero-order valence-corrected chi connectivity index (χ0v) is 10.7. The van der Waals surface area contributed by atoms with Crippen LogP contribution in [0.15, 0.2) is 22.0 Å². The van der Waals surface area contributed by atoms with Gasteiger partial charge >= 0.3 is 0 Å². The van der Waals surface area contributed by atoms with Gasteiger partial charge in [0.25, 0.3) is 10.0 Å². The van der Waals surface area contributed by atoms with Crippen molar-refractivity contribution in [1.29, 1.82) is 0 Å². The van der Waals surface area contributed by atoms with Crippen molar-refractivity contribution in [3.8, 4) is 0 Å². The highest BCUT2D eigenvalue weighted by molar-refractivity contribution is 7.90. The summed E-state index contributed by atoms with van der Waals surface area (Å²) in [5, 5.41) is -0.0283. The fourth-order valence-electron chi connectivity index (χ4n) is 1.67. The highest BCUT2D eigenvalue weighted by atomic mass is 35.5. The van der Waals surface area contributed by atoms with Crippen LogP contribution < -0.4 is 0 Å². The number of rotatable bonds is 0. The quantitative estimate of drug-likeness (QED) is 0.670. The van der Waals surface area contributed by atoms with Crippen LogP contribution in [0.5, 0.6) is 0 Å². The number of hydrogen-bond donors (Lipinski definition) is 0. The van der Waals surface area contributed by atoms with Crippen molar-refractivity contribution in [2.24, 2.45) is 4.99 Å². The molecule has 0 saturated heterocycles. The minimum absolute atomic E-state index is 0.0283. The van der Waals surface area contributed by atoms with Gasteiger partial charge in [0, 0.05) is 7.05 Å². The number of benzene rings is 1. The third kappa shape index (κ3) is 1.51. The van der Waals surface area contributed by atoms with E-state index < -0.39 is 10.0 Å². The van der Waals surface area contributed by atoms with Crippen molar-refractivity contribution >= 4 is 32.6 Å². The number of hydrogen-bond acceptors (Lipinski definition) is 3. The van der Waals surface area contributed by atoms with Gasteiger partial charge in [-0.25, -0.2) is 17.7 Å². The second-order valence-electron chi connectivity index (χ2n) is 3.78. The third-order valence-electron chi connectivity index (χ3n) is 2.51. The molecule has 0 aliphatic carbocycles. The van der Waals surface area contributed by atoms with Gasteiger partial charge in [0.15, 0.2) is 0 Å². The molecule has 1 aromatic rings. The summed E-state index contributed by atoms with van der Waals surface area (Å²) < 4.78 is 25.1. The molecule has 1 aliphatic heterocycles. The molecule has 0 bridgehead atoms. The van der Waals surface area contributed by atoms with Gasteiger partial charge in [-0.3, -0.25) is 0 Å². The minimum atomic E-state index is -3.54. The average Bonchev–Trinajstić information content (AvgIpc) is 2.18. The zero-order chi connectivity index (χ0) is 12.1. The summed E-state index contributed by atoms with van der Waals surface area (Å²) in [5.74, 6) is 0. The Morgan fingerprint density at radius 3 is 2.56 bits per heavy atom. The molecule has 0 spiro atoms. The molecule has 6 heteroatoms. The summed E-state index contributed by atoms with van der Waals surface area (Å²) in [5.41, 5.74) is 2.14. The van der Waals surface area contributed by atoms with Crippen molar-refractivity contribution in [2.75, 3.05) is 7.05 Å². The average molecular weight is 259 g/mol. The molecule has 0 fully saturated rings. The van der Waals surface area contributed by atoms with Crippen molar-refractivity contribution in [1.82, 2.24) is 4.31 Å². The number of sulfonamides is 1. The standard InChI is InChI=1S/C10H11ClN2O2S/c1-6-4-7(2)9-8(5-6)16(14,15)13(3)10(11)12-9/h4-5H,1-3H3. The van der Waals surface area contributed by atoms with E-state index in [0.29, 0.717) is 5.69 Å². The number of aliphatic imine (C=N–C) groups is 1. The molecule has 0 amide bonds. The Labute approximate surface area is 99.6 Å². The van der Waals surface area contributed by atoms with Crippen LogP contribution in [0.4, 0.5) is 5.69 Å². The molecular weight excluding hydrogens is 248 g/mol. The van der Waals surface area contributed by atoms with E-state index in [9.17, 15) is 8.42 Å². The van der Waals surface area contributed by atoms with Crippen LogP contribution in [0.1, 0.15) is 11.1 Å². The summed E-state index contributed by atoms with van der Waals surface area (Å²) >= 11 is 5.79. The monoisotopic (exact) mass is 258 g/mol. The Balaban J connectivity index is 2.87. The first kappa shape index (κ1) is 11.4. The summed E-state index contributed by atoms with van der Waals surface area (Å²) in [6.45, 7) is 3.67. The molecular formula is C10H11ClN2O2S. The Kier molecular flexibility index (Phi) is 2.47. The van der Waals surface area contributed by atoms with Gasteiger partial charge in [0.1, 0.15) is 4.90 Å². The van der Waals surface area contributed by atoms with Crippen LogP contribution >= 0.6 is 11.6 Å². The molecule has 1 aliphatic rings. The summed E-state index contributed by atoms with van der Waals surface area (Å²) in [6.07, 6.45) is 0. The van der Waals surface area contributed by atoms with Crippen LogP contribution in [0.25, 0.3) is 0 Å². The molecule has 4 nitrogen and oxygen atoms in total. The lowest BCUT2D eigenvalue weighted by Crippen LogP contribution is -2.32. The van der Waals surface area contributed by atoms with Gasteiger partial charge in [-0.2, -0.15) is 0 Å². The lowest BCUT2D eigenvalue weighted by molar-refractivity contribution is 0.552. The molecule has 0 atom stereocenters. The predicted octanol–water partition coefficient (Wildman–Crippen LogP) is 2.16. The third-order valence-corrected chi connectivity index (χ3v) is 4.71. The van der Waals surface area contributed by atoms with Crippen molar-refractivity contribution < 1.29 is 8.42 Å². The maximum atomic E-state index is 12.1. The lowest BCUT2D eigenvalue weighted by atomic mass is 10.1.